The number of benzene rings is 2. The van der Waals surface area contributed by atoms with Crippen LogP contribution in [0.5, 0.6) is 5.75 Å². The maximum atomic E-state index is 5.93. The predicted octanol–water partition coefficient (Wildman–Crippen LogP) is 6.15. The van der Waals surface area contributed by atoms with Gasteiger partial charge >= 0.3 is 0 Å². The summed E-state index contributed by atoms with van der Waals surface area (Å²) in [5.41, 5.74) is 3.45. The molecule has 0 saturated carbocycles. The van der Waals surface area contributed by atoms with Crippen LogP contribution >= 0.6 is 12.2 Å². The van der Waals surface area contributed by atoms with Gasteiger partial charge in [0.2, 0.25) is 0 Å². The SMILES string of the molecule is CCc1cc2c(=S)c(-c3cc4ccccc4o3)coc2cc1OC. The molecule has 2 aromatic heterocycles. The molecule has 0 atom stereocenters. The molecule has 0 fully saturated rings. The molecule has 0 N–H and O–H groups in total. The molecule has 0 amide bonds. The molecule has 0 spiro atoms. The molecule has 0 unspecified atom stereocenters. The Balaban J connectivity index is 1.96. The smallest absolute Gasteiger partial charge is 0.140 e. The molecule has 4 rings (SSSR count). The Kier molecular flexibility index (Phi) is 3.62. The van der Waals surface area contributed by atoms with Gasteiger partial charge in [-0.05, 0) is 30.2 Å². The molecule has 4 heteroatoms. The summed E-state index contributed by atoms with van der Waals surface area (Å²) in [5.74, 6) is 1.54. The molecule has 2 aromatic carbocycles. The largest absolute Gasteiger partial charge is 0.496 e. The number of ether oxygens (including phenoxy) is 1. The Bertz CT molecular complexity index is 1070. The third-order valence-corrected chi connectivity index (χ3v) is 4.69. The van der Waals surface area contributed by atoms with Crippen LogP contribution in [-0.4, -0.2) is 7.11 Å². The highest BCUT2D eigenvalue weighted by molar-refractivity contribution is 7.71. The minimum atomic E-state index is 0.717. The summed E-state index contributed by atoms with van der Waals surface area (Å²) in [6.45, 7) is 2.09. The van der Waals surface area contributed by atoms with Crippen molar-refractivity contribution in [3.05, 3.63) is 58.8 Å². The van der Waals surface area contributed by atoms with E-state index < -0.39 is 0 Å². The first-order valence-electron chi connectivity index (χ1n) is 7.82. The van der Waals surface area contributed by atoms with Gasteiger partial charge in [0, 0.05) is 16.8 Å². The van der Waals surface area contributed by atoms with Gasteiger partial charge in [0.05, 0.1) is 17.2 Å². The minimum Gasteiger partial charge on any atom is -0.496 e. The van der Waals surface area contributed by atoms with Crippen LogP contribution in [0.25, 0.3) is 33.3 Å². The van der Waals surface area contributed by atoms with E-state index in [1.54, 1.807) is 13.4 Å². The van der Waals surface area contributed by atoms with Gasteiger partial charge in [-0.1, -0.05) is 37.3 Å². The summed E-state index contributed by atoms with van der Waals surface area (Å²) in [6, 6.07) is 13.8. The molecule has 0 radical (unpaired) electrons. The summed E-state index contributed by atoms with van der Waals surface area (Å²) in [6.07, 6.45) is 2.52. The van der Waals surface area contributed by atoms with Crippen molar-refractivity contribution in [1.82, 2.24) is 0 Å². The van der Waals surface area contributed by atoms with E-state index >= 15 is 0 Å². The Morgan fingerprint density at radius 2 is 1.92 bits per heavy atom. The topological polar surface area (TPSA) is 35.5 Å². The van der Waals surface area contributed by atoms with Crippen LogP contribution in [0.1, 0.15) is 12.5 Å². The highest BCUT2D eigenvalue weighted by Crippen LogP contribution is 2.34. The van der Waals surface area contributed by atoms with Crippen molar-refractivity contribution < 1.29 is 13.6 Å². The van der Waals surface area contributed by atoms with Crippen molar-refractivity contribution in [3.63, 3.8) is 0 Å². The number of furan rings is 1. The highest BCUT2D eigenvalue weighted by atomic mass is 32.1. The van der Waals surface area contributed by atoms with Crippen molar-refractivity contribution in [2.75, 3.05) is 7.11 Å². The predicted molar refractivity (Wildman–Crippen MR) is 98.2 cm³/mol. The molecule has 4 aromatic rings. The molecular formula is C20H16O3S. The third kappa shape index (κ3) is 2.31. The van der Waals surface area contributed by atoms with Crippen LogP contribution in [0.3, 0.4) is 0 Å². The molecule has 0 saturated heterocycles. The quantitative estimate of drug-likeness (QED) is 0.421. The van der Waals surface area contributed by atoms with Gasteiger partial charge in [0.15, 0.2) is 0 Å². The summed E-state index contributed by atoms with van der Waals surface area (Å²) in [7, 11) is 1.66. The molecule has 0 aliphatic carbocycles. The lowest BCUT2D eigenvalue weighted by atomic mass is 10.1. The van der Waals surface area contributed by atoms with Gasteiger partial charge in [-0.15, -0.1) is 0 Å². The van der Waals surface area contributed by atoms with Gasteiger partial charge in [-0.25, -0.2) is 0 Å². The number of para-hydroxylation sites is 1. The van der Waals surface area contributed by atoms with Crippen LogP contribution in [0.15, 0.2) is 57.6 Å². The molecule has 2 heterocycles. The molecule has 0 bridgehead atoms. The lowest BCUT2D eigenvalue weighted by Crippen LogP contribution is -1.91. The molecule has 0 aliphatic rings. The number of rotatable bonds is 3. The van der Waals surface area contributed by atoms with Crippen molar-refractivity contribution in [1.29, 1.82) is 0 Å². The summed E-state index contributed by atoms with van der Waals surface area (Å²) >= 11 is 5.71. The second-order valence-corrected chi connectivity index (χ2v) is 6.05. The van der Waals surface area contributed by atoms with Crippen molar-refractivity contribution in [3.8, 4) is 17.1 Å². The fourth-order valence-electron chi connectivity index (χ4n) is 2.95. The highest BCUT2D eigenvalue weighted by Gasteiger charge is 2.13. The van der Waals surface area contributed by atoms with Crippen LogP contribution in [0, 0.1) is 4.51 Å². The Morgan fingerprint density at radius 1 is 1.08 bits per heavy atom. The van der Waals surface area contributed by atoms with E-state index in [1.807, 2.05) is 42.5 Å². The van der Waals surface area contributed by atoms with E-state index in [-0.39, 0.29) is 0 Å². The molecule has 120 valence electrons. The van der Waals surface area contributed by atoms with Crippen LogP contribution in [0.4, 0.5) is 0 Å². The summed E-state index contributed by atoms with van der Waals surface area (Å²) in [4.78, 5) is 0. The zero-order chi connectivity index (χ0) is 16.7. The zero-order valence-corrected chi connectivity index (χ0v) is 14.3. The third-order valence-electron chi connectivity index (χ3n) is 4.25. The van der Waals surface area contributed by atoms with Gasteiger partial charge in [-0.3, -0.25) is 0 Å². The number of fused-ring (bicyclic) bond motifs is 2. The first-order chi connectivity index (χ1) is 11.7. The molecular weight excluding hydrogens is 320 g/mol. The van der Waals surface area contributed by atoms with Crippen molar-refractivity contribution in [2.45, 2.75) is 13.3 Å². The average Bonchev–Trinajstić information content (AvgIpc) is 3.04. The second kappa shape index (κ2) is 5.80. The van der Waals surface area contributed by atoms with Gasteiger partial charge in [0.1, 0.15) is 28.9 Å². The standard InChI is InChI=1S/C20H16O3S/c1-3-12-8-14-18(10-17(12)21-2)22-11-15(20(14)24)19-9-13-6-4-5-7-16(13)23-19/h4-11H,3H2,1-2H3. The maximum absolute atomic E-state index is 5.93. The summed E-state index contributed by atoms with van der Waals surface area (Å²) in [5, 5.41) is 1.95. The summed E-state index contributed by atoms with van der Waals surface area (Å²) < 4.78 is 17.9. The lowest BCUT2D eigenvalue weighted by molar-refractivity contribution is 0.409. The second-order valence-electron chi connectivity index (χ2n) is 5.64. The van der Waals surface area contributed by atoms with Gasteiger partial charge < -0.3 is 13.6 Å². The number of aryl methyl sites for hydroxylation is 1. The number of hydrogen-bond acceptors (Lipinski definition) is 4. The average molecular weight is 336 g/mol. The van der Waals surface area contributed by atoms with Gasteiger partial charge in [-0.2, -0.15) is 0 Å². The monoisotopic (exact) mass is 336 g/mol. The first-order valence-corrected chi connectivity index (χ1v) is 8.23. The van der Waals surface area contributed by atoms with Crippen LogP contribution in [0.2, 0.25) is 0 Å². The fourth-order valence-corrected chi connectivity index (χ4v) is 3.26. The van der Waals surface area contributed by atoms with E-state index in [0.717, 1.165) is 49.9 Å². The van der Waals surface area contributed by atoms with E-state index in [9.17, 15) is 0 Å². The maximum Gasteiger partial charge on any atom is 0.140 e. The Morgan fingerprint density at radius 3 is 2.67 bits per heavy atom. The van der Waals surface area contributed by atoms with Crippen LogP contribution < -0.4 is 4.74 Å². The Labute approximate surface area is 144 Å². The first kappa shape index (κ1) is 15.0. The number of methoxy groups -OCH3 is 1. The van der Waals surface area contributed by atoms with Crippen LogP contribution in [-0.2, 0) is 6.42 Å². The molecule has 0 aliphatic heterocycles. The van der Waals surface area contributed by atoms with Crippen molar-refractivity contribution in [2.24, 2.45) is 0 Å². The zero-order valence-electron chi connectivity index (χ0n) is 13.5. The normalized spacial score (nSPS) is 11.2. The molecule has 24 heavy (non-hydrogen) atoms. The molecule has 3 nitrogen and oxygen atoms in total. The fraction of sp³-hybridized carbons (Fsp3) is 0.150. The Hall–Kier alpha value is -2.59. The number of hydrogen-bond donors (Lipinski definition) is 0. The van der Waals surface area contributed by atoms with E-state index in [2.05, 4.69) is 6.92 Å². The van der Waals surface area contributed by atoms with E-state index in [0.29, 0.717) is 5.58 Å². The van der Waals surface area contributed by atoms with E-state index in [1.165, 1.54) is 0 Å². The minimum absolute atomic E-state index is 0.717. The lowest BCUT2D eigenvalue weighted by Gasteiger charge is -2.09. The van der Waals surface area contributed by atoms with E-state index in [4.69, 9.17) is 25.8 Å². The van der Waals surface area contributed by atoms with Gasteiger partial charge in [0.25, 0.3) is 0 Å². The van der Waals surface area contributed by atoms with Crippen molar-refractivity contribution >= 4 is 34.2 Å².